The van der Waals surface area contributed by atoms with Crippen LogP contribution in [0.5, 0.6) is 0 Å². The van der Waals surface area contributed by atoms with Gasteiger partial charge in [-0.2, -0.15) is 5.10 Å². The molecule has 4 heteroatoms. The van der Waals surface area contributed by atoms with Crippen LogP contribution in [0.4, 0.5) is 0 Å². The SMILES string of the molecule is CCNC1CCC(C(C)(C)C)CC1Cc1ncnn1CC. The second-order valence-electron chi connectivity index (χ2n) is 7.50. The van der Waals surface area contributed by atoms with E-state index in [0.717, 1.165) is 31.3 Å². The van der Waals surface area contributed by atoms with Gasteiger partial charge in [0.25, 0.3) is 0 Å². The van der Waals surface area contributed by atoms with Gasteiger partial charge >= 0.3 is 0 Å². The van der Waals surface area contributed by atoms with Gasteiger partial charge in [-0.25, -0.2) is 4.98 Å². The Balaban J connectivity index is 2.10. The summed E-state index contributed by atoms with van der Waals surface area (Å²) in [5.74, 6) is 2.65. The van der Waals surface area contributed by atoms with E-state index in [0.29, 0.717) is 17.4 Å². The topological polar surface area (TPSA) is 42.7 Å². The third-order valence-electron chi connectivity index (χ3n) is 5.11. The Morgan fingerprint density at radius 3 is 2.67 bits per heavy atom. The summed E-state index contributed by atoms with van der Waals surface area (Å²) in [6.45, 7) is 13.5. The van der Waals surface area contributed by atoms with E-state index in [9.17, 15) is 0 Å². The molecule has 1 aromatic heterocycles. The Morgan fingerprint density at radius 1 is 1.29 bits per heavy atom. The van der Waals surface area contributed by atoms with Gasteiger partial charge in [0.1, 0.15) is 12.2 Å². The molecule has 1 N–H and O–H groups in total. The number of aryl methyl sites for hydroxylation is 1. The summed E-state index contributed by atoms with van der Waals surface area (Å²) >= 11 is 0. The van der Waals surface area contributed by atoms with E-state index >= 15 is 0 Å². The maximum Gasteiger partial charge on any atom is 0.138 e. The fourth-order valence-corrected chi connectivity index (χ4v) is 3.75. The zero-order chi connectivity index (χ0) is 15.5. The second-order valence-corrected chi connectivity index (χ2v) is 7.50. The molecular formula is C17H32N4. The highest BCUT2D eigenvalue weighted by Gasteiger charge is 2.36. The molecule has 2 rings (SSSR count). The molecule has 1 fully saturated rings. The predicted octanol–water partition coefficient (Wildman–Crippen LogP) is 3.28. The van der Waals surface area contributed by atoms with Crippen molar-refractivity contribution in [2.24, 2.45) is 17.3 Å². The highest BCUT2D eigenvalue weighted by Crippen LogP contribution is 2.41. The monoisotopic (exact) mass is 292 g/mol. The van der Waals surface area contributed by atoms with Crippen LogP contribution in [0.2, 0.25) is 0 Å². The molecular weight excluding hydrogens is 260 g/mol. The Hall–Kier alpha value is -0.900. The first-order chi connectivity index (χ1) is 9.95. The zero-order valence-corrected chi connectivity index (χ0v) is 14.4. The number of nitrogens with zero attached hydrogens (tertiary/aromatic N) is 3. The smallest absolute Gasteiger partial charge is 0.138 e. The third-order valence-corrected chi connectivity index (χ3v) is 5.11. The third kappa shape index (κ3) is 4.06. The molecule has 0 spiro atoms. The van der Waals surface area contributed by atoms with E-state index in [-0.39, 0.29) is 0 Å². The number of rotatable bonds is 5. The van der Waals surface area contributed by atoms with Gasteiger partial charge in [0.15, 0.2) is 0 Å². The lowest BCUT2D eigenvalue weighted by atomic mass is 9.66. The van der Waals surface area contributed by atoms with Gasteiger partial charge < -0.3 is 5.32 Å². The van der Waals surface area contributed by atoms with Crippen molar-refractivity contribution in [3.8, 4) is 0 Å². The van der Waals surface area contributed by atoms with Crippen LogP contribution < -0.4 is 5.32 Å². The molecule has 1 heterocycles. The zero-order valence-electron chi connectivity index (χ0n) is 14.4. The minimum atomic E-state index is 0.411. The summed E-state index contributed by atoms with van der Waals surface area (Å²) in [5, 5.41) is 8.02. The largest absolute Gasteiger partial charge is 0.314 e. The molecule has 120 valence electrons. The summed E-state index contributed by atoms with van der Waals surface area (Å²) in [6, 6.07) is 0.635. The van der Waals surface area contributed by atoms with Gasteiger partial charge in [0.2, 0.25) is 0 Å². The number of aromatic nitrogens is 3. The van der Waals surface area contributed by atoms with Gasteiger partial charge in [-0.1, -0.05) is 27.7 Å². The molecule has 21 heavy (non-hydrogen) atoms. The van der Waals surface area contributed by atoms with E-state index in [1.54, 1.807) is 6.33 Å². The lowest BCUT2D eigenvalue weighted by Gasteiger charge is -2.42. The minimum Gasteiger partial charge on any atom is -0.314 e. The quantitative estimate of drug-likeness (QED) is 0.905. The van der Waals surface area contributed by atoms with Gasteiger partial charge in [-0.3, -0.25) is 4.68 Å². The summed E-state index contributed by atoms with van der Waals surface area (Å²) in [6.07, 6.45) is 6.69. The average molecular weight is 292 g/mol. The van der Waals surface area contributed by atoms with Gasteiger partial charge in [0, 0.05) is 19.0 Å². The van der Waals surface area contributed by atoms with Crippen molar-refractivity contribution in [1.82, 2.24) is 20.1 Å². The fourth-order valence-electron chi connectivity index (χ4n) is 3.75. The number of nitrogens with one attached hydrogen (secondary N) is 1. The van der Waals surface area contributed by atoms with E-state index in [4.69, 9.17) is 0 Å². The van der Waals surface area contributed by atoms with Crippen molar-refractivity contribution >= 4 is 0 Å². The molecule has 4 nitrogen and oxygen atoms in total. The maximum absolute atomic E-state index is 4.49. The van der Waals surface area contributed by atoms with Crippen molar-refractivity contribution in [3.05, 3.63) is 12.2 Å². The summed E-state index contributed by atoms with van der Waals surface area (Å²) in [7, 11) is 0. The molecule has 0 radical (unpaired) electrons. The molecule has 0 aromatic carbocycles. The van der Waals surface area contributed by atoms with E-state index in [2.05, 4.69) is 50.0 Å². The Labute approximate surface area is 129 Å². The summed E-state index contributed by atoms with van der Waals surface area (Å²) < 4.78 is 2.05. The minimum absolute atomic E-state index is 0.411. The maximum atomic E-state index is 4.49. The van der Waals surface area contributed by atoms with Gasteiger partial charge in [-0.15, -0.1) is 0 Å². The van der Waals surface area contributed by atoms with Crippen LogP contribution in [-0.2, 0) is 13.0 Å². The van der Waals surface area contributed by atoms with Crippen LogP contribution in [0.1, 0.15) is 59.7 Å². The van der Waals surface area contributed by atoms with Crippen LogP contribution in [-0.4, -0.2) is 27.4 Å². The van der Waals surface area contributed by atoms with Crippen molar-refractivity contribution < 1.29 is 0 Å². The molecule has 1 aliphatic rings. The standard InChI is InChI=1S/C17H32N4/c1-6-18-15-9-8-14(17(3,4)5)10-13(15)11-16-19-12-20-21(16)7-2/h12-15,18H,6-11H2,1-5H3. The van der Waals surface area contributed by atoms with E-state index < -0.39 is 0 Å². The lowest BCUT2D eigenvalue weighted by Crippen LogP contribution is -2.44. The van der Waals surface area contributed by atoms with Gasteiger partial charge in [0.05, 0.1) is 0 Å². The molecule has 0 saturated heterocycles. The number of hydrogen-bond donors (Lipinski definition) is 1. The van der Waals surface area contributed by atoms with Crippen LogP contribution in [0.25, 0.3) is 0 Å². The average Bonchev–Trinajstić information content (AvgIpc) is 2.87. The normalized spacial score (nSPS) is 27.0. The van der Waals surface area contributed by atoms with E-state index in [1.807, 2.05) is 4.68 Å². The van der Waals surface area contributed by atoms with Gasteiger partial charge in [-0.05, 0) is 50.0 Å². The fraction of sp³-hybridized carbons (Fsp3) is 0.882. The summed E-state index contributed by atoms with van der Waals surface area (Å²) in [5.41, 5.74) is 0.411. The lowest BCUT2D eigenvalue weighted by molar-refractivity contribution is 0.113. The predicted molar refractivity (Wildman–Crippen MR) is 87.2 cm³/mol. The Bertz CT molecular complexity index is 432. The molecule has 1 aromatic rings. The molecule has 0 aliphatic heterocycles. The highest BCUT2D eigenvalue weighted by molar-refractivity contribution is 4.95. The first-order valence-electron chi connectivity index (χ1n) is 8.55. The van der Waals surface area contributed by atoms with Crippen LogP contribution >= 0.6 is 0 Å². The molecule has 0 bridgehead atoms. The molecule has 0 amide bonds. The molecule has 1 aliphatic carbocycles. The Kier molecular flexibility index (Phi) is 5.42. The van der Waals surface area contributed by atoms with Crippen molar-refractivity contribution in [2.75, 3.05) is 6.54 Å². The van der Waals surface area contributed by atoms with Crippen molar-refractivity contribution in [1.29, 1.82) is 0 Å². The highest BCUT2D eigenvalue weighted by atomic mass is 15.3. The first-order valence-corrected chi connectivity index (χ1v) is 8.55. The summed E-state index contributed by atoms with van der Waals surface area (Å²) in [4.78, 5) is 4.49. The first kappa shape index (κ1) is 16.5. The van der Waals surface area contributed by atoms with Crippen molar-refractivity contribution in [3.63, 3.8) is 0 Å². The Morgan fingerprint density at radius 2 is 2.05 bits per heavy atom. The van der Waals surface area contributed by atoms with E-state index in [1.165, 1.54) is 19.3 Å². The molecule has 3 atom stereocenters. The van der Waals surface area contributed by atoms with Crippen LogP contribution in [0.3, 0.4) is 0 Å². The van der Waals surface area contributed by atoms with Crippen LogP contribution in [0.15, 0.2) is 6.33 Å². The van der Waals surface area contributed by atoms with Crippen molar-refractivity contribution in [2.45, 2.75) is 72.9 Å². The molecule has 1 saturated carbocycles. The number of hydrogen-bond acceptors (Lipinski definition) is 3. The van der Waals surface area contributed by atoms with Crippen LogP contribution in [0, 0.1) is 17.3 Å². The molecule has 3 unspecified atom stereocenters. The second kappa shape index (κ2) is 6.91.